The molecule has 0 bridgehead atoms. The van der Waals surface area contributed by atoms with Crippen molar-refractivity contribution in [2.75, 3.05) is 18.9 Å². The molecule has 2 aromatic rings. The number of hydrogen-bond acceptors (Lipinski definition) is 3. The van der Waals surface area contributed by atoms with Crippen molar-refractivity contribution in [1.82, 2.24) is 4.31 Å². The second-order valence-corrected chi connectivity index (χ2v) is 7.60. The molecular formula is C15H14Cl2N2O3S. The number of benzene rings is 2. The van der Waals surface area contributed by atoms with E-state index in [0.717, 1.165) is 4.31 Å². The molecule has 2 rings (SSSR count). The Balaban J connectivity index is 2.08. The molecule has 0 aliphatic carbocycles. The number of likely N-dealkylation sites (N-methyl/N-ethyl adjacent to an activating group) is 1. The van der Waals surface area contributed by atoms with Crippen LogP contribution in [0.4, 0.5) is 5.69 Å². The van der Waals surface area contributed by atoms with E-state index >= 15 is 0 Å². The number of nitrogens with zero attached hydrogens (tertiary/aromatic N) is 1. The van der Waals surface area contributed by atoms with Crippen LogP contribution < -0.4 is 5.32 Å². The Kier molecular flexibility index (Phi) is 5.64. The molecule has 1 N–H and O–H groups in total. The third kappa shape index (κ3) is 4.45. The molecule has 23 heavy (non-hydrogen) atoms. The number of carbonyl (C=O) groups is 1. The minimum atomic E-state index is -3.84. The lowest BCUT2D eigenvalue weighted by molar-refractivity contribution is -0.116. The van der Waals surface area contributed by atoms with Crippen LogP contribution in [0.1, 0.15) is 0 Å². The number of rotatable bonds is 5. The van der Waals surface area contributed by atoms with E-state index in [0.29, 0.717) is 10.7 Å². The van der Waals surface area contributed by atoms with Gasteiger partial charge in [-0.25, -0.2) is 8.42 Å². The third-order valence-electron chi connectivity index (χ3n) is 3.02. The molecule has 0 spiro atoms. The van der Waals surface area contributed by atoms with Gasteiger partial charge in [0, 0.05) is 17.8 Å². The number of hydrogen-bond donors (Lipinski definition) is 1. The molecule has 0 aliphatic heterocycles. The van der Waals surface area contributed by atoms with Gasteiger partial charge in [-0.2, -0.15) is 4.31 Å². The van der Waals surface area contributed by atoms with Crippen molar-refractivity contribution in [1.29, 1.82) is 0 Å². The molecule has 1 amide bonds. The second-order valence-electron chi connectivity index (χ2n) is 4.75. The maximum atomic E-state index is 12.4. The van der Waals surface area contributed by atoms with Crippen molar-refractivity contribution >= 4 is 44.8 Å². The van der Waals surface area contributed by atoms with Gasteiger partial charge in [-0.3, -0.25) is 4.79 Å². The van der Waals surface area contributed by atoms with Crippen LogP contribution in [0.15, 0.2) is 53.4 Å². The van der Waals surface area contributed by atoms with Crippen LogP contribution >= 0.6 is 23.2 Å². The summed E-state index contributed by atoms with van der Waals surface area (Å²) >= 11 is 11.7. The molecule has 2 aromatic carbocycles. The zero-order chi connectivity index (χ0) is 17.0. The number of halogens is 2. The van der Waals surface area contributed by atoms with Crippen LogP contribution in [0, 0.1) is 0 Å². The predicted octanol–water partition coefficient (Wildman–Crippen LogP) is 3.25. The number of sulfonamides is 1. The lowest BCUT2D eigenvalue weighted by Gasteiger charge is -2.17. The molecule has 0 saturated carbocycles. The van der Waals surface area contributed by atoms with Crippen LogP contribution in [-0.4, -0.2) is 32.2 Å². The molecule has 122 valence electrons. The lowest BCUT2D eigenvalue weighted by Crippen LogP contribution is -2.35. The van der Waals surface area contributed by atoms with Gasteiger partial charge < -0.3 is 5.32 Å². The first-order valence-corrected chi connectivity index (χ1v) is 8.76. The lowest BCUT2D eigenvalue weighted by atomic mass is 10.3. The highest BCUT2D eigenvalue weighted by atomic mass is 35.5. The number of carbonyl (C=O) groups excluding carboxylic acids is 1. The fourth-order valence-electron chi connectivity index (χ4n) is 1.84. The summed E-state index contributed by atoms with van der Waals surface area (Å²) in [6.45, 7) is -0.337. The van der Waals surface area contributed by atoms with Gasteiger partial charge in [0.15, 0.2) is 0 Å². The molecule has 8 heteroatoms. The highest BCUT2D eigenvalue weighted by molar-refractivity contribution is 7.89. The first kappa shape index (κ1) is 17.7. The summed E-state index contributed by atoms with van der Waals surface area (Å²) in [4.78, 5) is 11.9. The molecule has 0 fully saturated rings. The normalized spacial score (nSPS) is 11.5. The third-order valence-corrected chi connectivity index (χ3v) is 5.57. The standard InChI is InChI=1S/C15H14Cl2N2O3S/c1-19(23(21,22)14-5-3-2-4-13(14)17)10-15(20)18-12-8-6-11(16)7-9-12/h2-9H,10H2,1H3,(H,18,20). The van der Waals surface area contributed by atoms with E-state index in [4.69, 9.17) is 23.2 Å². The molecule has 0 aliphatic rings. The van der Waals surface area contributed by atoms with E-state index < -0.39 is 15.9 Å². The summed E-state index contributed by atoms with van der Waals surface area (Å²) in [5, 5.41) is 3.25. The summed E-state index contributed by atoms with van der Waals surface area (Å²) in [5.74, 6) is -0.467. The van der Waals surface area contributed by atoms with Gasteiger partial charge in [0.2, 0.25) is 15.9 Å². The topological polar surface area (TPSA) is 66.5 Å². The van der Waals surface area contributed by atoms with Crippen LogP contribution in [0.5, 0.6) is 0 Å². The quantitative estimate of drug-likeness (QED) is 0.875. The maximum absolute atomic E-state index is 12.4. The van der Waals surface area contributed by atoms with Gasteiger partial charge in [0.1, 0.15) is 4.90 Å². The highest BCUT2D eigenvalue weighted by Crippen LogP contribution is 2.23. The number of anilines is 1. The Morgan fingerprint density at radius 3 is 2.30 bits per heavy atom. The Morgan fingerprint density at radius 2 is 1.70 bits per heavy atom. The zero-order valence-corrected chi connectivity index (χ0v) is 14.5. The second kappa shape index (κ2) is 7.31. The monoisotopic (exact) mass is 372 g/mol. The first-order chi connectivity index (χ1) is 10.8. The smallest absolute Gasteiger partial charge is 0.244 e. The van der Waals surface area contributed by atoms with E-state index in [1.807, 2.05) is 0 Å². The molecule has 0 radical (unpaired) electrons. The Bertz CT molecular complexity index is 808. The molecule has 0 atom stereocenters. The highest BCUT2D eigenvalue weighted by Gasteiger charge is 2.25. The number of amides is 1. The fourth-order valence-corrected chi connectivity index (χ4v) is 3.58. The van der Waals surface area contributed by atoms with Crippen molar-refractivity contribution in [2.24, 2.45) is 0 Å². The van der Waals surface area contributed by atoms with Gasteiger partial charge in [-0.15, -0.1) is 0 Å². The van der Waals surface area contributed by atoms with E-state index in [-0.39, 0.29) is 16.5 Å². The van der Waals surface area contributed by atoms with E-state index in [1.165, 1.54) is 19.2 Å². The predicted molar refractivity (Wildman–Crippen MR) is 91.3 cm³/mol. The molecule has 0 saturated heterocycles. The number of nitrogens with one attached hydrogen (secondary N) is 1. The van der Waals surface area contributed by atoms with Crippen molar-refractivity contribution < 1.29 is 13.2 Å². The van der Waals surface area contributed by atoms with Gasteiger partial charge in [0.25, 0.3) is 0 Å². The fraction of sp³-hybridized carbons (Fsp3) is 0.133. The molecular weight excluding hydrogens is 359 g/mol. The molecule has 5 nitrogen and oxygen atoms in total. The van der Waals surface area contributed by atoms with Crippen molar-refractivity contribution in [3.8, 4) is 0 Å². The van der Waals surface area contributed by atoms with Gasteiger partial charge >= 0.3 is 0 Å². The van der Waals surface area contributed by atoms with E-state index in [1.54, 1.807) is 36.4 Å². The van der Waals surface area contributed by atoms with Crippen molar-refractivity contribution in [2.45, 2.75) is 4.90 Å². The average molecular weight is 373 g/mol. The largest absolute Gasteiger partial charge is 0.325 e. The van der Waals surface area contributed by atoms with E-state index in [2.05, 4.69) is 5.32 Å². The van der Waals surface area contributed by atoms with Gasteiger partial charge in [-0.1, -0.05) is 35.3 Å². The van der Waals surface area contributed by atoms with Crippen LogP contribution in [0.25, 0.3) is 0 Å². The average Bonchev–Trinajstić information content (AvgIpc) is 2.49. The van der Waals surface area contributed by atoms with Crippen molar-refractivity contribution in [3.63, 3.8) is 0 Å². The summed E-state index contributed by atoms with van der Waals surface area (Å²) in [7, 11) is -2.52. The Hall–Kier alpha value is -1.60. The van der Waals surface area contributed by atoms with Crippen LogP contribution in [-0.2, 0) is 14.8 Å². The molecule has 0 heterocycles. The summed E-state index contributed by atoms with van der Waals surface area (Å²) in [5.41, 5.74) is 0.531. The summed E-state index contributed by atoms with van der Waals surface area (Å²) in [6, 6.07) is 12.6. The van der Waals surface area contributed by atoms with Gasteiger partial charge in [-0.05, 0) is 36.4 Å². The Morgan fingerprint density at radius 1 is 1.09 bits per heavy atom. The molecule has 0 aromatic heterocycles. The molecule has 0 unspecified atom stereocenters. The zero-order valence-electron chi connectivity index (χ0n) is 12.2. The SMILES string of the molecule is CN(CC(=O)Nc1ccc(Cl)cc1)S(=O)(=O)c1ccccc1Cl. The van der Waals surface area contributed by atoms with Crippen LogP contribution in [0.3, 0.4) is 0 Å². The maximum Gasteiger partial charge on any atom is 0.244 e. The minimum absolute atomic E-state index is 0.0385. The van der Waals surface area contributed by atoms with Crippen molar-refractivity contribution in [3.05, 3.63) is 58.6 Å². The van der Waals surface area contributed by atoms with E-state index in [9.17, 15) is 13.2 Å². The van der Waals surface area contributed by atoms with Crippen LogP contribution in [0.2, 0.25) is 10.0 Å². The first-order valence-electron chi connectivity index (χ1n) is 6.57. The minimum Gasteiger partial charge on any atom is -0.325 e. The Labute approximate surface area is 144 Å². The van der Waals surface area contributed by atoms with Gasteiger partial charge in [0.05, 0.1) is 11.6 Å². The summed E-state index contributed by atoms with van der Waals surface area (Å²) in [6.07, 6.45) is 0. The summed E-state index contributed by atoms with van der Waals surface area (Å²) < 4.78 is 25.8.